The number of methoxy groups -OCH3 is 2. The summed E-state index contributed by atoms with van der Waals surface area (Å²) in [6, 6.07) is 18.1. The minimum atomic E-state index is -0.532. The van der Waals surface area contributed by atoms with Crippen molar-refractivity contribution in [2.24, 2.45) is 0 Å². The van der Waals surface area contributed by atoms with Crippen LogP contribution in [0.5, 0.6) is 23.1 Å². The molecular weight excluding hydrogens is 485 g/mol. The third-order valence-corrected chi connectivity index (χ3v) is 4.64. The summed E-state index contributed by atoms with van der Waals surface area (Å²) in [5.41, 5.74) is 0.770. The molecule has 2 aromatic carbocycles. The number of benzene rings is 2. The summed E-state index contributed by atoms with van der Waals surface area (Å²) < 4.78 is 22.9. The minimum Gasteiger partial charge on any atom is -0.503 e. The van der Waals surface area contributed by atoms with Gasteiger partial charge in [-0.15, -0.1) is 0 Å². The highest BCUT2D eigenvalue weighted by Crippen LogP contribution is 2.37. The minimum absolute atomic E-state index is 0.239. The lowest BCUT2D eigenvalue weighted by Crippen LogP contribution is -2.06. The quantitative estimate of drug-likeness (QED) is 0.186. The fraction of sp³-hybridized carbons (Fsp3) is 0.0909. The van der Waals surface area contributed by atoms with E-state index >= 15 is 0 Å². The zero-order valence-electron chi connectivity index (χ0n) is 15.8. The lowest BCUT2D eigenvalue weighted by atomic mass is 10.1. The Balaban J connectivity index is 1.97. The van der Waals surface area contributed by atoms with Crippen LogP contribution in [0.3, 0.4) is 0 Å². The lowest BCUT2D eigenvalue weighted by Gasteiger charge is -2.15. The van der Waals surface area contributed by atoms with Gasteiger partial charge in [0.1, 0.15) is 11.3 Å². The molecule has 0 aliphatic rings. The highest BCUT2D eigenvalue weighted by atomic mass is 127. The molecule has 1 aromatic heterocycles. The molecule has 3 aromatic rings. The van der Waals surface area contributed by atoms with E-state index in [2.05, 4.69) is 27.6 Å². The summed E-state index contributed by atoms with van der Waals surface area (Å²) in [6.07, 6.45) is 2.99. The number of aromatic nitrogens is 1. The van der Waals surface area contributed by atoms with Gasteiger partial charge in [-0.25, -0.2) is 9.78 Å². The highest BCUT2D eigenvalue weighted by Gasteiger charge is 2.19. The van der Waals surface area contributed by atoms with Crippen molar-refractivity contribution < 1.29 is 23.7 Å². The summed E-state index contributed by atoms with van der Waals surface area (Å²) in [5, 5.41) is 0. The van der Waals surface area contributed by atoms with Crippen LogP contribution >= 0.6 is 22.6 Å². The molecule has 0 aliphatic heterocycles. The van der Waals surface area contributed by atoms with Crippen molar-refractivity contribution in [3.8, 4) is 23.1 Å². The molecule has 0 radical (unpaired) electrons. The number of nitrogens with zero attached hydrogens (tertiary/aromatic N) is 1. The average Bonchev–Trinajstić information content (AvgIpc) is 2.75. The van der Waals surface area contributed by atoms with Crippen molar-refractivity contribution >= 4 is 34.1 Å². The molecule has 0 aliphatic carbocycles. The van der Waals surface area contributed by atoms with E-state index in [-0.39, 0.29) is 5.57 Å². The van der Waals surface area contributed by atoms with Crippen LogP contribution in [-0.2, 0) is 14.3 Å². The molecule has 0 bridgehead atoms. The van der Waals surface area contributed by atoms with E-state index in [9.17, 15) is 4.79 Å². The van der Waals surface area contributed by atoms with Gasteiger partial charge in [0.25, 0.3) is 0 Å². The van der Waals surface area contributed by atoms with E-state index in [0.717, 1.165) is 3.57 Å². The van der Waals surface area contributed by atoms with E-state index in [1.165, 1.54) is 20.5 Å². The van der Waals surface area contributed by atoms with Crippen molar-refractivity contribution in [2.45, 2.75) is 0 Å². The summed E-state index contributed by atoms with van der Waals surface area (Å²) >= 11 is 2.16. The van der Waals surface area contributed by atoms with Gasteiger partial charge >= 0.3 is 5.97 Å². The molecule has 3 rings (SSSR count). The van der Waals surface area contributed by atoms with Crippen LogP contribution in [0.2, 0.25) is 0 Å². The first-order chi connectivity index (χ1) is 14.1. The fourth-order valence-electron chi connectivity index (χ4n) is 2.52. The van der Waals surface area contributed by atoms with E-state index in [1.807, 2.05) is 30.3 Å². The lowest BCUT2D eigenvalue weighted by molar-refractivity contribution is -0.133. The van der Waals surface area contributed by atoms with Gasteiger partial charge in [0.05, 0.1) is 24.1 Å². The van der Waals surface area contributed by atoms with Crippen molar-refractivity contribution in [2.75, 3.05) is 14.2 Å². The molecule has 0 N–H and O–H groups in total. The van der Waals surface area contributed by atoms with Gasteiger partial charge in [-0.2, -0.15) is 0 Å². The van der Waals surface area contributed by atoms with Gasteiger partial charge in [-0.1, -0.05) is 30.3 Å². The van der Waals surface area contributed by atoms with Crippen LogP contribution in [0.4, 0.5) is 0 Å². The Bertz CT molecular complexity index is 1030. The predicted octanol–water partition coefficient (Wildman–Crippen LogP) is 5.43. The van der Waals surface area contributed by atoms with Gasteiger partial charge in [0.2, 0.25) is 5.88 Å². The van der Waals surface area contributed by atoms with Crippen LogP contribution in [0.15, 0.2) is 73.1 Å². The molecule has 148 valence electrons. The van der Waals surface area contributed by atoms with Crippen molar-refractivity contribution in [1.82, 2.24) is 4.98 Å². The zero-order chi connectivity index (χ0) is 20.6. The fourth-order valence-corrected chi connectivity index (χ4v) is 2.97. The second-order valence-corrected chi connectivity index (χ2v) is 6.86. The molecule has 7 heteroatoms. The maximum Gasteiger partial charge on any atom is 0.341 e. The highest BCUT2D eigenvalue weighted by molar-refractivity contribution is 14.1. The van der Waals surface area contributed by atoms with Crippen molar-refractivity contribution in [3.05, 3.63) is 82.3 Å². The Kier molecular flexibility index (Phi) is 7.07. The summed E-state index contributed by atoms with van der Waals surface area (Å²) in [4.78, 5) is 16.4. The smallest absolute Gasteiger partial charge is 0.341 e. The summed E-state index contributed by atoms with van der Waals surface area (Å²) in [6.45, 7) is 0. The van der Waals surface area contributed by atoms with Gasteiger partial charge in [-0.3, -0.25) is 0 Å². The molecule has 0 fully saturated rings. The normalized spacial score (nSPS) is 10.9. The topological polar surface area (TPSA) is 66.9 Å². The van der Waals surface area contributed by atoms with Crippen LogP contribution in [0.1, 0.15) is 5.56 Å². The Hall–Kier alpha value is -3.07. The van der Waals surface area contributed by atoms with Crippen LogP contribution in [0, 0.1) is 3.57 Å². The van der Waals surface area contributed by atoms with Gasteiger partial charge in [0, 0.05) is 11.8 Å². The maximum absolute atomic E-state index is 12.2. The first kappa shape index (κ1) is 20.7. The monoisotopic (exact) mass is 503 g/mol. The molecule has 0 atom stereocenters. The second kappa shape index (κ2) is 9.92. The van der Waals surface area contributed by atoms with Crippen molar-refractivity contribution in [3.63, 3.8) is 0 Å². The summed E-state index contributed by atoms with van der Waals surface area (Å²) in [7, 11) is 2.77. The SMILES string of the molecule is CO/C=C(/C(=O)OC)c1ccccc1Oc1ccccc1Oc1ncccc1I. The molecule has 6 nitrogen and oxygen atoms in total. The Labute approximate surface area is 182 Å². The first-order valence-electron chi connectivity index (χ1n) is 8.60. The summed E-state index contributed by atoms with van der Waals surface area (Å²) in [5.74, 6) is 1.37. The molecule has 1 heterocycles. The third-order valence-electron chi connectivity index (χ3n) is 3.82. The van der Waals surface area contributed by atoms with Crippen molar-refractivity contribution in [1.29, 1.82) is 0 Å². The molecule has 0 spiro atoms. The Morgan fingerprint density at radius 3 is 2.21 bits per heavy atom. The Morgan fingerprint density at radius 2 is 1.55 bits per heavy atom. The van der Waals surface area contributed by atoms with Gasteiger partial charge < -0.3 is 18.9 Å². The standard InChI is InChI=1S/C22H18INO5/c1-26-14-16(22(25)27-2)15-8-3-4-10-18(15)28-19-11-5-6-12-20(19)29-21-17(23)9-7-13-24-21/h3-14H,1-2H3/b16-14+. The van der Waals surface area contributed by atoms with Crippen LogP contribution < -0.4 is 9.47 Å². The molecule has 0 saturated carbocycles. The van der Waals surface area contributed by atoms with Gasteiger partial charge in [-0.05, 0) is 52.9 Å². The number of rotatable bonds is 7. The number of para-hydroxylation sites is 3. The van der Waals surface area contributed by atoms with Gasteiger partial charge in [0.15, 0.2) is 11.5 Å². The number of ether oxygens (including phenoxy) is 4. The van der Waals surface area contributed by atoms with E-state index in [4.69, 9.17) is 18.9 Å². The zero-order valence-corrected chi connectivity index (χ0v) is 18.0. The molecule has 0 saturated heterocycles. The van der Waals surface area contributed by atoms with Crippen LogP contribution in [0.25, 0.3) is 5.57 Å². The van der Waals surface area contributed by atoms with Crippen LogP contribution in [-0.4, -0.2) is 25.2 Å². The van der Waals surface area contributed by atoms with E-state index < -0.39 is 5.97 Å². The average molecular weight is 503 g/mol. The number of halogens is 1. The number of carbonyl (C=O) groups is 1. The number of pyridine rings is 1. The number of hydrogen-bond donors (Lipinski definition) is 0. The Morgan fingerprint density at radius 1 is 0.897 bits per heavy atom. The third kappa shape index (κ3) is 5.05. The number of hydrogen-bond acceptors (Lipinski definition) is 6. The number of esters is 1. The second-order valence-electron chi connectivity index (χ2n) is 5.70. The largest absolute Gasteiger partial charge is 0.503 e. The number of carbonyl (C=O) groups excluding carboxylic acids is 1. The predicted molar refractivity (Wildman–Crippen MR) is 117 cm³/mol. The van der Waals surface area contributed by atoms with E-state index in [0.29, 0.717) is 28.7 Å². The molecule has 0 unspecified atom stereocenters. The first-order valence-corrected chi connectivity index (χ1v) is 9.68. The molecule has 0 amide bonds. The van der Waals surface area contributed by atoms with E-state index in [1.54, 1.807) is 36.5 Å². The molecule has 29 heavy (non-hydrogen) atoms. The molecular formula is C22H18INO5. The maximum atomic E-state index is 12.2.